The molecule has 0 aromatic rings. The minimum absolute atomic E-state index is 0.638. The topological polar surface area (TPSA) is 0 Å². The summed E-state index contributed by atoms with van der Waals surface area (Å²) in [5, 5.41) is 0. The molecule has 0 aliphatic heterocycles. The van der Waals surface area contributed by atoms with Gasteiger partial charge in [-0.3, -0.25) is 0 Å². The highest BCUT2D eigenvalue weighted by Crippen LogP contribution is 2.61. The third-order valence-corrected chi connectivity index (χ3v) is 6.70. The first kappa shape index (κ1) is 12.1. The lowest BCUT2D eigenvalue weighted by atomic mass is 9.48. The molecule has 3 aliphatic carbocycles. The summed E-state index contributed by atoms with van der Waals surface area (Å²) in [5.41, 5.74) is 1.37. The predicted molar refractivity (Wildman–Crippen MR) is 73.9 cm³/mol. The third kappa shape index (κ3) is 1.96. The fourth-order valence-corrected chi connectivity index (χ4v) is 5.72. The second-order valence-corrected chi connectivity index (χ2v) is 8.30. The van der Waals surface area contributed by atoms with Gasteiger partial charge in [0.2, 0.25) is 0 Å². The normalized spacial score (nSPS) is 49.2. The van der Waals surface area contributed by atoms with Crippen molar-refractivity contribution in [3.63, 3.8) is 0 Å². The highest BCUT2D eigenvalue weighted by atomic mass is 14.6. The molecule has 0 radical (unpaired) electrons. The van der Waals surface area contributed by atoms with Crippen molar-refractivity contribution >= 4 is 0 Å². The smallest absolute Gasteiger partial charge is 0.0267 e. The van der Waals surface area contributed by atoms with Crippen LogP contribution in [0.4, 0.5) is 0 Å². The maximum atomic E-state index is 2.66. The van der Waals surface area contributed by atoms with Gasteiger partial charge in [0.25, 0.3) is 0 Å². The number of rotatable bonds is 0. The summed E-state index contributed by atoms with van der Waals surface area (Å²) in [6.07, 6.45) is 13.7. The van der Waals surface area contributed by atoms with Crippen LogP contribution >= 0.6 is 0 Å². The van der Waals surface area contributed by atoms with Gasteiger partial charge in [-0.1, -0.05) is 33.6 Å². The van der Waals surface area contributed by atoms with Crippen LogP contribution in [0.25, 0.3) is 0 Å². The van der Waals surface area contributed by atoms with E-state index in [4.69, 9.17) is 0 Å². The van der Waals surface area contributed by atoms with Crippen molar-refractivity contribution in [2.45, 2.75) is 78.6 Å². The quantitative estimate of drug-likeness (QED) is 0.525. The molecule has 0 N–H and O–H groups in total. The van der Waals surface area contributed by atoms with Crippen LogP contribution in [0.2, 0.25) is 0 Å². The number of fused-ring (bicyclic) bond motifs is 3. The monoisotopic (exact) mass is 234 g/mol. The zero-order chi connectivity index (χ0) is 12.1. The van der Waals surface area contributed by atoms with Crippen molar-refractivity contribution in [1.29, 1.82) is 0 Å². The van der Waals surface area contributed by atoms with E-state index < -0.39 is 0 Å². The van der Waals surface area contributed by atoms with Gasteiger partial charge in [-0.05, 0) is 73.5 Å². The first-order valence-corrected chi connectivity index (χ1v) is 8.01. The molecule has 3 aliphatic rings. The Bertz CT molecular complexity index is 290. The van der Waals surface area contributed by atoms with E-state index in [2.05, 4.69) is 20.8 Å². The molecule has 0 spiro atoms. The van der Waals surface area contributed by atoms with Crippen LogP contribution in [0.3, 0.4) is 0 Å². The molecule has 98 valence electrons. The van der Waals surface area contributed by atoms with E-state index in [9.17, 15) is 0 Å². The number of hydrogen-bond acceptors (Lipinski definition) is 0. The molecule has 3 fully saturated rings. The number of hydrogen-bond donors (Lipinski definition) is 0. The van der Waals surface area contributed by atoms with E-state index in [1.807, 2.05) is 0 Å². The highest BCUT2D eigenvalue weighted by Gasteiger charge is 2.51. The molecule has 0 amide bonds. The van der Waals surface area contributed by atoms with Crippen LogP contribution in [0.15, 0.2) is 0 Å². The summed E-state index contributed by atoms with van der Waals surface area (Å²) >= 11 is 0. The molecule has 0 aromatic carbocycles. The molecule has 0 saturated heterocycles. The first-order valence-electron chi connectivity index (χ1n) is 8.01. The minimum atomic E-state index is 0.638. The molecular weight excluding hydrogens is 204 g/mol. The van der Waals surface area contributed by atoms with Gasteiger partial charge in [0.05, 0.1) is 0 Å². The highest BCUT2D eigenvalue weighted by molar-refractivity contribution is 5.01. The van der Waals surface area contributed by atoms with Crippen molar-refractivity contribution in [3.8, 4) is 0 Å². The molecule has 0 nitrogen and oxygen atoms in total. The van der Waals surface area contributed by atoms with Gasteiger partial charge in [-0.2, -0.15) is 0 Å². The van der Waals surface area contributed by atoms with E-state index in [0.29, 0.717) is 5.41 Å². The Morgan fingerprint density at radius 3 is 2.47 bits per heavy atom. The molecule has 3 saturated carbocycles. The van der Waals surface area contributed by atoms with Crippen molar-refractivity contribution < 1.29 is 0 Å². The summed E-state index contributed by atoms with van der Waals surface area (Å²) < 4.78 is 0. The zero-order valence-corrected chi connectivity index (χ0v) is 12.1. The summed E-state index contributed by atoms with van der Waals surface area (Å²) in [5.74, 6) is 3.23. The minimum Gasteiger partial charge on any atom is -0.0599 e. The van der Waals surface area contributed by atoms with Gasteiger partial charge in [0.1, 0.15) is 0 Å². The van der Waals surface area contributed by atoms with Gasteiger partial charge >= 0.3 is 0 Å². The van der Waals surface area contributed by atoms with Crippen LogP contribution in [-0.2, 0) is 0 Å². The second kappa shape index (κ2) is 4.00. The summed E-state index contributed by atoms with van der Waals surface area (Å²) in [4.78, 5) is 0. The largest absolute Gasteiger partial charge is 0.0599 e. The van der Waals surface area contributed by atoms with E-state index in [1.54, 1.807) is 25.7 Å². The summed E-state index contributed by atoms with van der Waals surface area (Å²) in [6.45, 7) is 7.66. The summed E-state index contributed by atoms with van der Waals surface area (Å²) in [7, 11) is 0. The van der Waals surface area contributed by atoms with Crippen molar-refractivity contribution in [1.82, 2.24) is 0 Å². The molecule has 0 heteroatoms. The Balaban J connectivity index is 1.82. The molecule has 0 heterocycles. The Labute approximate surface area is 108 Å². The van der Waals surface area contributed by atoms with Crippen LogP contribution in [0.5, 0.6) is 0 Å². The molecule has 17 heavy (non-hydrogen) atoms. The average Bonchev–Trinajstić information content (AvgIpc) is 2.26. The zero-order valence-electron chi connectivity index (χ0n) is 12.1. The summed E-state index contributed by atoms with van der Waals surface area (Å²) in [6, 6.07) is 0. The fraction of sp³-hybridized carbons (Fsp3) is 1.00. The van der Waals surface area contributed by atoms with Crippen molar-refractivity contribution in [2.24, 2.45) is 28.6 Å². The Hall–Kier alpha value is 0. The van der Waals surface area contributed by atoms with Crippen molar-refractivity contribution in [2.75, 3.05) is 0 Å². The lowest BCUT2D eigenvalue weighted by Crippen LogP contribution is -2.48. The Kier molecular flexibility index (Phi) is 2.84. The molecule has 3 rings (SSSR count). The van der Waals surface area contributed by atoms with E-state index in [-0.39, 0.29) is 0 Å². The molecule has 4 atom stereocenters. The second-order valence-electron chi connectivity index (χ2n) is 8.30. The van der Waals surface area contributed by atoms with E-state index >= 15 is 0 Å². The van der Waals surface area contributed by atoms with Crippen molar-refractivity contribution in [3.05, 3.63) is 0 Å². The lowest BCUT2D eigenvalue weighted by Gasteiger charge is -2.57. The maximum Gasteiger partial charge on any atom is -0.0267 e. The van der Waals surface area contributed by atoms with Crippen LogP contribution < -0.4 is 0 Å². The van der Waals surface area contributed by atoms with Gasteiger partial charge < -0.3 is 0 Å². The van der Waals surface area contributed by atoms with Crippen LogP contribution in [0.1, 0.15) is 78.6 Å². The standard InChI is InChI=1S/C17H30/c1-16(2)11-9-15-13(12-16)7-8-14-6-4-5-10-17(14,15)3/h13-15H,4-12H2,1-3H3. The average molecular weight is 234 g/mol. The first-order chi connectivity index (χ1) is 8.01. The fourth-order valence-electron chi connectivity index (χ4n) is 5.72. The molecular formula is C17H30. The Morgan fingerprint density at radius 1 is 0.824 bits per heavy atom. The molecule has 0 bridgehead atoms. The predicted octanol–water partition coefficient (Wildman–Crippen LogP) is 5.42. The van der Waals surface area contributed by atoms with Gasteiger partial charge in [0.15, 0.2) is 0 Å². The maximum absolute atomic E-state index is 2.66. The lowest BCUT2D eigenvalue weighted by molar-refractivity contribution is -0.0750. The van der Waals surface area contributed by atoms with E-state index in [0.717, 1.165) is 23.2 Å². The third-order valence-electron chi connectivity index (χ3n) is 6.70. The van der Waals surface area contributed by atoms with E-state index in [1.165, 1.54) is 32.1 Å². The van der Waals surface area contributed by atoms with Gasteiger partial charge in [-0.15, -0.1) is 0 Å². The van der Waals surface area contributed by atoms with Crippen LogP contribution in [-0.4, -0.2) is 0 Å². The van der Waals surface area contributed by atoms with Gasteiger partial charge in [-0.25, -0.2) is 0 Å². The van der Waals surface area contributed by atoms with Crippen LogP contribution in [0, 0.1) is 28.6 Å². The van der Waals surface area contributed by atoms with Gasteiger partial charge in [0, 0.05) is 0 Å². The molecule has 4 unspecified atom stereocenters. The molecule has 0 aromatic heterocycles. The Morgan fingerprint density at radius 2 is 1.65 bits per heavy atom. The SMILES string of the molecule is CC1(C)CCC2C(CCC3CCCCC32C)C1.